The standard InChI is InChI=1S/C67H130O17P2/c1-7-10-12-14-16-18-20-22-24-26-32-40-46-52-67(72)83-62(55-77-64(69)49-43-37-30-28-27-29-36-42-48-60(6)9-3)57-81-85(73,74)79-53-61(68)54-80-86(75,76)82-58-63(56-78-65(70)50-44-38-34-33-35-41-47-59(4)5)84-66(71)51-45-39-31-25-23-21-19-17-15-13-11-8-2/h59-63,68H,7-58H2,1-6H3,(H,73,74)(H,75,76)/t60?,61-,62-,63-/m1/s1. The summed E-state index contributed by atoms with van der Waals surface area (Å²) in [7, 11) is -9.89. The zero-order chi connectivity index (χ0) is 63.6. The molecule has 0 bridgehead atoms. The molecule has 0 aliphatic rings. The van der Waals surface area contributed by atoms with Crippen LogP contribution in [0.25, 0.3) is 0 Å². The smallest absolute Gasteiger partial charge is 0.462 e. The molecule has 86 heavy (non-hydrogen) atoms. The number of unbranched alkanes of at least 4 members (excludes halogenated alkanes) is 35. The van der Waals surface area contributed by atoms with Gasteiger partial charge in [-0.1, -0.05) is 286 Å². The van der Waals surface area contributed by atoms with Gasteiger partial charge in [0, 0.05) is 25.7 Å². The lowest BCUT2D eigenvalue weighted by atomic mass is 9.99. The number of carbonyl (C=O) groups is 4. The van der Waals surface area contributed by atoms with Crippen LogP contribution in [0.15, 0.2) is 0 Å². The van der Waals surface area contributed by atoms with Crippen LogP contribution < -0.4 is 0 Å². The molecule has 17 nitrogen and oxygen atoms in total. The van der Waals surface area contributed by atoms with E-state index in [1.54, 1.807) is 0 Å². The third-order valence-corrected chi connectivity index (χ3v) is 17.7. The summed E-state index contributed by atoms with van der Waals surface area (Å²) in [4.78, 5) is 72.4. The molecule has 0 amide bonds. The summed E-state index contributed by atoms with van der Waals surface area (Å²) in [5, 5.41) is 10.6. The van der Waals surface area contributed by atoms with Crippen molar-refractivity contribution >= 4 is 39.5 Å². The van der Waals surface area contributed by atoms with Gasteiger partial charge >= 0.3 is 39.5 Å². The Morgan fingerprint density at radius 1 is 0.337 bits per heavy atom. The molecule has 0 saturated heterocycles. The zero-order valence-electron chi connectivity index (χ0n) is 55.6. The molecule has 0 fully saturated rings. The van der Waals surface area contributed by atoms with Gasteiger partial charge in [0.2, 0.25) is 0 Å². The maximum atomic E-state index is 13.0. The van der Waals surface area contributed by atoms with Gasteiger partial charge in [0.25, 0.3) is 0 Å². The lowest BCUT2D eigenvalue weighted by Crippen LogP contribution is -2.30. The minimum Gasteiger partial charge on any atom is -0.462 e. The Kier molecular flexibility index (Phi) is 58.0. The van der Waals surface area contributed by atoms with Crippen molar-refractivity contribution in [2.45, 2.75) is 355 Å². The van der Waals surface area contributed by atoms with Gasteiger partial charge in [0.05, 0.1) is 26.4 Å². The maximum Gasteiger partial charge on any atom is 0.472 e. The van der Waals surface area contributed by atoms with Crippen molar-refractivity contribution in [1.29, 1.82) is 0 Å². The summed E-state index contributed by atoms with van der Waals surface area (Å²) in [5.74, 6) is -0.671. The predicted molar refractivity (Wildman–Crippen MR) is 345 cm³/mol. The molecule has 0 spiro atoms. The second-order valence-corrected chi connectivity index (χ2v) is 27.8. The van der Waals surface area contributed by atoms with E-state index in [0.717, 1.165) is 102 Å². The number of carbonyl (C=O) groups excluding carboxylic acids is 4. The second-order valence-electron chi connectivity index (χ2n) is 24.9. The normalized spacial score (nSPS) is 14.5. The molecule has 0 aromatic heterocycles. The number of phosphoric ester groups is 2. The molecule has 0 radical (unpaired) electrons. The summed E-state index contributed by atoms with van der Waals surface area (Å²) in [5.41, 5.74) is 0. The van der Waals surface area contributed by atoms with Crippen LogP contribution in [0.2, 0.25) is 0 Å². The summed E-state index contributed by atoms with van der Waals surface area (Å²) in [6.45, 7) is 9.45. The van der Waals surface area contributed by atoms with E-state index in [1.165, 1.54) is 148 Å². The van der Waals surface area contributed by atoms with Crippen LogP contribution in [0.3, 0.4) is 0 Å². The van der Waals surface area contributed by atoms with E-state index in [0.29, 0.717) is 31.6 Å². The van der Waals surface area contributed by atoms with Gasteiger partial charge in [-0.2, -0.15) is 0 Å². The van der Waals surface area contributed by atoms with Gasteiger partial charge in [-0.3, -0.25) is 37.3 Å². The Bertz CT molecular complexity index is 1690. The number of aliphatic hydroxyl groups is 1. The van der Waals surface area contributed by atoms with Crippen LogP contribution in [0.1, 0.15) is 337 Å². The quantitative estimate of drug-likeness (QED) is 0.0222. The zero-order valence-corrected chi connectivity index (χ0v) is 57.4. The van der Waals surface area contributed by atoms with E-state index in [1.807, 2.05) is 0 Å². The first-order valence-electron chi connectivity index (χ1n) is 35.0. The molecular formula is C67H130O17P2. The van der Waals surface area contributed by atoms with Crippen molar-refractivity contribution in [1.82, 2.24) is 0 Å². The van der Waals surface area contributed by atoms with E-state index in [2.05, 4.69) is 41.5 Å². The molecule has 0 rings (SSSR count). The van der Waals surface area contributed by atoms with Crippen molar-refractivity contribution in [3.05, 3.63) is 0 Å². The fourth-order valence-electron chi connectivity index (χ4n) is 10.0. The molecule has 3 unspecified atom stereocenters. The number of phosphoric acid groups is 2. The fourth-order valence-corrected chi connectivity index (χ4v) is 11.6. The number of rotatable bonds is 66. The van der Waals surface area contributed by atoms with Crippen molar-refractivity contribution in [3.63, 3.8) is 0 Å². The van der Waals surface area contributed by atoms with E-state index >= 15 is 0 Å². The van der Waals surface area contributed by atoms with Crippen LogP contribution in [0, 0.1) is 11.8 Å². The molecule has 0 heterocycles. The molecule has 510 valence electrons. The number of hydrogen-bond donors (Lipinski definition) is 3. The Morgan fingerprint density at radius 2 is 0.593 bits per heavy atom. The third-order valence-electron chi connectivity index (χ3n) is 15.8. The van der Waals surface area contributed by atoms with Crippen molar-refractivity contribution in [2.75, 3.05) is 39.6 Å². The molecule has 3 N–H and O–H groups in total. The second kappa shape index (κ2) is 59.4. The first kappa shape index (κ1) is 84.1. The molecule has 0 aromatic carbocycles. The van der Waals surface area contributed by atoms with Gasteiger partial charge in [-0.15, -0.1) is 0 Å². The monoisotopic (exact) mass is 1270 g/mol. The number of hydrogen-bond acceptors (Lipinski definition) is 15. The van der Waals surface area contributed by atoms with E-state index in [4.69, 9.17) is 37.0 Å². The molecular weight excluding hydrogens is 1140 g/mol. The summed E-state index contributed by atoms with van der Waals surface area (Å²) in [6, 6.07) is 0. The SMILES string of the molecule is CCCCCCCCCCCCCCCC(=O)O[C@H](COC(=O)CCCCCCCCCCC(C)CC)COP(=O)(O)OC[C@@H](O)COP(=O)(O)OC[C@@H](COC(=O)CCCCCCCCC(C)C)OC(=O)CCCCCCCCCCCCCC. The van der Waals surface area contributed by atoms with Crippen molar-refractivity contribution in [3.8, 4) is 0 Å². The molecule has 0 aliphatic heterocycles. The third kappa shape index (κ3) is 59.7. The first-order valence-corrected chi connectivity index (χ1v) is 38.0. The summed E-state index contributed by atoms with van der Waals surface area (Å²) < 4.78 is 68.1. The van der Waals surface area contributed by atoms with E-state index < -0.39 is 97.5 Å². The molecule has 0 aromatic rings. The highest BCUT2D eigenvalue weighted by molar-refractivity contribution is 7.47. The van der Waals surface area contributed by atoms with Crippen molar-refractivity contribution in [2.24, 2.45) is 11.8 Å². The highest BCUT2D eigenvalue weighted by atomic mass is 31.2. The van der Waals surface area contributed by atoms with Crippen LogP contribution in [0.4, 0.5) is 0 Å². The summed E-state index contributed by atoms with van der Waals surface area (Å²) >= 11 is 0. The van der Waals surface area contributed by atoms with Gasteiger partial charge in [0.1, 0.15) is 19.3 Å². The largest absolute Gasteiger partial charge is 0.472 e. The van der Waals surface area contributed by atoms with Crippen LogP contribution >= 0.6 is 15.6 Å². The van der Waals surface area contributed by atoms with Gasteiger partial charge in [-0.25, -0.2) is 9.13 Å². The average Bonchev–Trinajstić information content (AvgIpc) is 3.70. The molecule has 19 heteroatoms. The Labute approximate surface area is 524 Å². The van der Waals surface area contributed by atoms with E-state index in [-0.39, 0.29) is 25.7 Å². The molecule has 0 saturated carbocycles. The minimum atomic E-state index is -4.95. The van der Waals surface area contributed by atoms with Crippen LogP contribution in [-0.2, 0) is 65.4 Å². The molecule has 0 aliphatic carbocycles. The Hall–Kier alpha value is -1.94. The Balaban J connectivity index is 5.25. The Morgan fingerprint density at radius 3 is 0.884 bits per heavy atom. The fraction of sp³-hybridized carbons (Fsp3) is 0.940. The topological polar surface area (TPSA) is 237 Å². The van der Waals surface area contributed by atoms with Crippen LogP contribution in [-0.4, -0.2) is 96.7 Å². The highest BCUT2D eigenvalue weighted by Gasteiger charge is 2.30. The molecule has 6 atom stereocenters. The lowest BCUT2D eigenvalue weighted by Gasteiger charge is -2.21. The maximum absolute atomic E-state index is 13.0. The number of aliphatic hydroxyl groups excluding tert-OH is 1. The lowest BCUT2D eigenvalue weighted by molar-refractivity contribution is -0.161. The van der Waals surface area contributed by atoms with Gasteiger partial charge in [-0.05, 0) is 37.5 Å². The van der Waals surface area contributed by atoms with Gasteiger partial charge < -0.3 is 33.8 Å². The number of ether oxygens (including phenoxy) is 4. The van der Waals surface area contributed by atoms with Gasteiger partial charge in [0.15, 0.2) is 12.2 Å². The number of esters is 4. The highest BCUT2D eigenvalue weighted by Crippen LogP contribution is 2.45. The van der Waals surface area contributed by atoms with E-state index in [9.17, 15) is 43.2 Å². The van der Waals surface area contributed by atoms with Crippen LogP contribution in [0.5, 0.6) is 0 Å². The minimum absolute atomic E-state index is 0.106. The summed E-state index contributed by atoms with van der Waals surface area (Å²) in [6.07, 6.45) is 43.0. The van der Waals surface area contributed by atoms with Crippen molar-refractivity contribution < 1.29 is 80.2 Å². The predicted octanol–water partition coefficient (Wildman–Crippen LogP) is 18.8. The average molecular weight is 1270 g/mol. The first-order chi connectivity index (χ1) is 41.4.